The van der Waals surface area contributed by atoms with E-state index >= 15 is 0 Å². The van der Waals surface area contributed by atoms with E-state index < -0.39 is 12.0 Å². The lowest BCUT2D eigenvalue weighted by molar-refractivity contribution is -0.138. The molecule has 0 amide bonds. The Hall–Kier alpha value is -1.23. The number of unbranched alkanes of at least 4 members (excludes halogenated alkanes) is 2. The minimum atomic E-state index is -0.954. The van der Waals surface area contributed by atoms with Crippen LogP contribution >= 0.6 is 0 Å². The van der Waals surface area contributed by atoms with Crippen LogP contribution in [0.15, 0.2) is 4.99 Å². The van der Waals surface area contributed by atoms with Gasteiger partial charge < -0.3 is 15.6 Å². The predicted molar refractivity (Wildman–Crippen MR) is 58.1 cm³/mol. The average molecular weight is 214 g/mol. The lowest BCUT2D eigenvalue weighted by atomic mass is 10.1. The molecule has 0 radical (unpaired) electrons. The van der Waals surface area contributed by atoms with Crippen LogP contribution in [0.2, 0.25) is 0 Å². The van der Waals surface area contributed by atoms with E-state index in [1.165, 1.54) is 0 Å². The fourth-order valence-corrected chi connectivity index (χ4v) is 1.02. The molecule has 0 fully saturated rings. The molecule has 5 nitrogen and oxygen atoms in total. The van der Waals surface area contributed by atoms with Gasteiger partial charge in [-0.05, 0) is 31.9 Å². The number of hydrogen-bond donors (Lipinski definition) is 2. The number of aldehydes is 1. The van der Waals surface area contributed by atoms with Crippen LogP contribution in [-0.4, -0.2) is 36.2 Å². The van der Waals surface area contributed by atoms with E-state index in [-0.39, 0.29) is 0 Å². The monoisotopic (exact) mass is 214 g/mol. The molecule has 5 heteroatoms. The number of rotatable bonds is 9. The quantitative estimate of drug-likeness (QED) is 0.334. The topological polar surface area (TPSA) is 92.8 Å². The number of carboxylic acid groups (broad SMARTS) is 1. The highest BCUT2D eigenvalue weighted by Crippen LogP contribution is 1.99. The first-order valence-corrected chi connectivity index (χ1v) is 5.08. The molecular formula is C10H18N2O3. The summed E-state index contributed by atoms with van der Waals surface area (Å²) in [5.41, 5.74) is 5.32. The third-order valence-corrected chi connectivity index (χ3v) is 1.91. The van der Waals surface area contributed by atoms with Gasteiger partial charge in [0.25, 0.3) is 0 Å². The Balaban J connectivity index is 3.27. The molecule has 0 aromatic carbocycles. The maximum atomic E-state index is 10.3. The second-order valence-electron chi connectivity index (χ2n) is 3.27. The van der Waals surface area contributed by atoms with Crippen LogP contribution in [0.25, 0.3) is 0 Å². The maximum absolute atomic E-state index is 10.3. The van der Waals surface area contributed by atoms with Crippen molar-refractivity contribution in [1.29, 1.82) is 0 Å². The van der Waals surface area contributed by atoms with Crippen molar-refractivity contribution in [2.24, 2.45) is 10.7 Å². The number of nitrogens with zero attached hydrogens (tertiary/aromatic N) is 1. The molecule has 0 unspecified atom stereocenters. The summed E-state index contributed by atoms with van der Waals surface area (Å²) in [6.45, 7) is 0.672. The molecule has 0 aromatic heterocycles. The summed E-state index contributed by atoms with van der Waals surface area (Å²) in [4.78, 5) is 24.4. The summed E-state index contributed by atoms with van der Waals surface area (Å²) >= 11 is 0. The van der Waals surface area contributed by atoms with Gasteiger partial charge in [-0.1, -0.05) is 0 Å². The Morgan fingerprint density at radius 1 is 1.40 bits per heavy atom. The summed E-state index contributed by atoms with van der Waals surface area (Å²) in [7, 11) is 0. The van der Waals surface area contributed by atoms with Crippen LogP contribution in [0.5, 0.6) is 0 Å². The Morgan fingerprint density at radius 3 is 2.73 bits per heavy atom. The van der Waals surface area contributed by atoms with Gasteiger partial charge in [-0.2, -0.15) is 0 Å². The van der Waals surface area contributed by atoms with Gasteiger partial charge in [0.15, 0.2) is 0 Å². The zero-order valence-corrected chi connectivity index (χ0v) is 8.76. The molecule has 0 heterocycles. The van der Waals surface area contributed by atoms with Crippen molar-refractivity contribution in [2.75, 3.05) is 6.54 Å². The second-order valence-corrected chi connectivity index (χ2v) is 3.27. The number of carbonyl (C=O) groups is 2. The third-order valence-electron chi connectivity index (χ3n) is 1.91. The van der Waals surface area contributed by atoms with Gasteiger partial charge in [0.05, 0.1) is 0 Å². The Labute approximate surface area is 89.4 Å². The van der Waals surface area contributed by atoms with Gasteiger partial charge in [0, 0.05) is 13.0 Å². The SMILES string of the molecule is N[C@@H](CCCCN=CCCC=O)C(=O)O. The summed E-state index contributed by atoms with van der Waals surface area (Å²) in [6, 6.07) is -0.760. The van der Waals surface area contributed by atoms with Crippen LogP contribution in [0.1, 0.15) is 32.1 Å². The van der Waals surface area contributed by atoms with Crippen LogP contribution in [0, 0.1) is 0 Å². The van der Waals surface area contributed by atoms with Crippen LogP contribution in [0.4, 0.5) is 0 Å². The number of hydrogen-bond acceptors (Lipinski definition) is 4. The molecule has 3 N–H and O–H groups in total. The lowest BCUT2D eigenvalue weighted by Gasteiger charge is -2.03. The summed E-state index contributed by atoms with van der Waals surface area (Å²) in [5.74, 6) is -0.954. The summed E-state index contributed by atoms with van der Waals surface area (Å²) < 4.78 is 0. The van der Waals surface area contributed by atoms with Gasteiger partial charge in [-0.3, -0.25) is 9.79 Å². The number of nitrogens with two attached hydrogens (primary N) is 1. The van der Waals surface area contributed by atoms with Crippen molar-refractivity contribution in [3.63, 3.8) is 0 Å². The lowest BCUT2D eigenvalue weighted by Crippen LogP contribution is -2.29. The van der Waals surface area contributed by atoms with Gasteiger partial charge >= 0.3 is 5.97 Å². The summed E-state index contributed by atoms with van der Waals surface area (Å²) in [5, 5.41) is 8.49. The Morgan fingerprint density at radius 2 is 2.13 bits per heavy atom. The first kappa shape index (κ1) is 13.8. The van der Waals surface area contributed by atoms with Crippen molar-refractivity contribution < 1.29 is 14.7 Å². The van der Waals surface area contributed by atoms with E-state index in [0.717, 1.165) is 19.1 Å². The van der Waals surface area contributed by atoms with E-state index in [1.54, 1.807) is 6.21 Å². The molecule has 0 saturated heterocycles. The van der Waals surface area contributed by atoms with E-state index in [2.05, 4.69) is 4.99 Å². The molecule has 0 spiro atoms. The first-order valence-electron chi connectivity index (χ1n) is 5.08. The molecule has 0 rings (SSSR count). The molecule has 86 valence electrons. The van der Waals surface area contributed by atoms with Crippen LogP contribution < -0.4 is 5.73 Å². The van der Waals surface area contributed by atoms with Crippen molar-refractivity contribution >= 4 is 18.5 Å². The van der Waals surface area contributed by atoms with Gasteiger partial charge in [-0.15, -0.1) is 0 Å². The Bertz CT molecular complexity index is 217. The van der Waals surface area contributed by atoms with Crippen molar-refractivity contribution in [3.05, 3.63) is 0 Å². The largest absolute Gasteiger partial charge is 0.480 e. The number of aliphatic imine (C=N–C) groups is 1. The Kier molecular flexibility index (Phi) is 8.56. The molecule has 15 heavy (non-hydrogen) atoms. The smallest absolute Gasteiger partial charge is 0.320 e. The molecule has 0 saturated carbocycles. The minimum Gasteiger partial charge on any atom is -0.480 e. The van der Waals surface area contributed by atoms with E-state index in [4.69, 9.17) is 10.8 Å². The number of carboxylic acids is 1. The van der Waals surface area contributed by atoms with E-state index in [0.29, 0.717) is 25.8 Å². The molecule has 1 atom stereocenters. The molecule has 0 aliphatic rings. The third kappa shape index (κ3) is 9.08. The van der Waals surface area contributed by atoms with Crippen LogP contribution in [-0.2, 0) is 9.59 Å². The van der Waals surface area contributed by atoms with Crippen molar-refractivity contribution in [2.45, 2.75) is 38.1 Å². The predicted octanol–water partition coefficient (Wildman–Crippen LogP) is 0.618. The van der Waals surface area contributed by atoms with Gasteiger partial charge in [0.2, 0.25) is 0 Å². The zero-order chi connectivity index (χ0) is 11.5. The highest BCUT2D eigenvalue weighted by Gasteiger charge is 2.09. The standard InChI is InChI=1S/C10H18N2O3/c11-9(10(14)15)5-1-2-6-12-7-3-4-8-13/h7-9H,1-6,11H2,(H,14,15)/t9-/m0/s1. The second kappa shape index (κ2) is 9.33. The normalized spacial score (nSPS) is 12.9. The number of aliphatic carboxylic acids is 1. The molecule has 0 aliphatic heterocycles. The fourth-order valence-electron chi connectivity index (χ4n) is 1.02. The van der Waals surface area contributed by atoms with Crippen molar-refractivity contribution in [1.82, 2.24) is 0 Å². The molecule has 0 aliphatic carbocycles. The number of carbonyl (C=O) groups excluding carboxylic acids is 1. The highest BCUT2D eigenvalue weighted by molar-refractivity contribution is 5.72. The van der Waals surface area contributed by atoms with E-state index in [9.17, 15) is 9.59 Å². The maximum Gasteiger partial charge on any atom is 0.320 e. The first-order chi connectivity index (χ1) is 7.18. The van der Waals surface area contributed by atoms with Gasteiger partial charge in [-0.25, -0.2) is 0 Å². The van der Waals surface area contributed by atoms with Gasteiger partial charge in [0.1, 0.15) is 12.3 Å². The molecular weight excluding hydrogens is 196 g/mol. The van der Waals surface area contributed by atoms with Crippen molar-refractivity contribution in [3.8, 4) is 0 Å². The molecule has 0 aromatic rings. The zero-order valence-electron chi connectivity index (χ0n) is 8.76. The average Bonchev–Trinajstić information content (AvgIpc) is 2.21. The molecule has 0 bridgehead atoms. The van der Waals surface area contributed by atoms with Crippen LogP contribution in [0.3, 0.4) is 0 Å². The highest BCUT2D eigenvalue weighted by atomic mass is 16.4. The summed E-state index contributed by atoms with van der Waals surface area (Å²) in [6.07, 6.45) is 5.85. The minimum absolute atomic E-state index is 0.485. The van der Waals surface area contributed by atoms with E-state index in [1.807, 2.05) is 0 Å². The fraction of sp³-hybridized carbons (Fsp3) is 0.700.